The largest absolute Gasteiger partial charge is 0.370 e. The minimum Gasteiger partial charge on any atom is -0.370 e. The van der Waals surface area contributed by atoms with E-state index in [1.54, 1.807) is 0 Å². The van der Waals surface area contributed by atoms with Crippen molar-refractivity contribution in [1.82, 2.24) is 5.32 Å². The molecule has 1 aliphatic heterocycles. The first-order valence-electron chi connectivity index (χ1n) is 9.00. The van der Waals surface area contributed by atoms with E-state index >= 15 is 0 Å². The molecule has 0 aromatic heterocycles. The lowest BCUT2D eigenvalue weighted by Gasteiger charge is -2.29. The zero-order chi connectivity index (χ0) is 20.3. The van der Waals surface area contributed by atoms with E-state index in [4.69, 9.17) is 10.5 Å². The van der Waals surface area contributed by atoms with Crippen molar-refractivity contribution in [3.05, 3.63) is 23.8 Å². The SMILES string of the molecule is NC(=O)[C@H](NCC1CC1)C(=O)Nc1ccc(N2CCOCC2=O)c(C(F)F)c1. The highest BCUT2D eigenvalue weighted by Crippen LogP contribution is 2.33. The van der Waals surface area contributed by atoms with Crippen LogP contribution >= 0.6 is 0 Å². The molecule has 3 rings (SSSR count). The van der Waals surface area contributed by atoms with Gasteiger partial charge in [0.15, 0.2) is 6.04 Å². The number of halogens is 2. The van der Waals surface area contributed by atoms with Crippen LogP contribution < -0.4 is 21.3 Å². The molecule has 10 heteroatoms. The number of primary amides is 1. The molecule has 0 unspecified atom stereocenters. The van der Waals surface area contributed by atoms with Gasteiger partial charge in [-0.3, -0.25) is 19.7 Å². The van der Waals surface area contributed by atoms with Crippen LogP contribution in [0.25, 0.3) is 0 Å². The molecular formula is C18H22F2N4O4. The van der Waals surface area contributed by atoms with Crippen LogP contribution in [0.4, 0.5) is 20.2 Å². The average molecular weight is 396 g/mol. The maximum absolute atomic E-state index is 13.6. The lowest BCUT2D eigenvalue weighted by atomic mass is 10.1. The minimum atomic E-state index is -2.86. The van der Waals surface area contributed by atoms with Crippen molar-refractivity contribution in [3.63, 3.8) is 0 Å². The van der Waals surface area contributed by atoms with Crippen molar-refractivity contribution in [2.45, 2.75) is 25.3 Å². The fraction of sp³-hybridized carbons (Fsp3) is 0.500. The van der Waals surface area contributed by atoms with Gasteiger partial charge in [-0.05, 0) is 43.5 Å². The van der Waals surface area contributed by atoms with Crippen molar-refractivity contribution in [2.24, 2.45) is 11.7 Å². The number of alkyl halides is 2. The number of morpholine rings is 1. The van der Waals surface area contributed by atoms with Crippen LogP contribution in [-0.4, -0.2) is 50.1 Å². The van der Waals surface area contributed by atoms with E-state index in [0.29, 0.717) is 12.5 Å². The summed E-state index contributed by atoms with van der Waals surface area (Å²) in [6.45, 7) is 0.731. The first-order valence-corrected chi connectivity index (χ1v) is 9.00. The van der Waals surface area contributed by atoms with Crippen molar-refractivity contribution < 1.29 is 27.9 Å². The average Bonchev–Trinajstić information content (AvgIpc) is 3.46. The van der Waals surface area contributed by atoms with Gasteiger partial charge in [-0.25, -0.2) is 8.78 Å². The van der Waals surface area contributed by atoms with Crippen molar-refractivity contribution >= 4 is 29.1 Å². The second kappa shape index (κ2) is 8.61. The summed E-state index contributed by atoms with van der Waals surface area (Å²) in [5.41, 5.74) is 5.04. The van der Waals surface area contributed by atoms with Crippen LogP contribution in [0.15, 0.2) is 18.2 Å². The first kappa shape index (κ1) is 20.2. The topological polar surface area (TPSA) is 114 Å². The predicted molar refractivity (Wildman–Crippen MR) is 96.9 cm³/mol. The van der Waals surface area contributed by atoms with Gasteiger partial charge in [0.2, 0.25) is 5.91 Å². The number of amides is 3. The molecule has 1 atom stereocenters. The number of carbonyl (C=O) groups excluding carboxylic acids is 3. The molecule has 1 aromatic carbocycles. The predicted octanol–water partition coefficient (Wildman–Crippen LogP) is 0.779. The number of hydrogen-bond donors (Lipinski definition) is 3. The number of nitrogens with zero attached hydrogens (tertiary/aromatic N) is 1. The maximum atomic E-state index is 13.6. The normalized spacial score (nSPS) is 18.2. The summed E-state index contributed by atoms with van der Waals surface area (Å²) in [6.07, 6.45) is -0.804. The van der Waals surface area contributed by atoms with Gasteiger partial charge >= 0.3 is 0 Å². The number of hydrogen-bond acceptors (Lipinski definition) is 5. The molecule has 0 radical (unpaired) electrons. The van der Waals surface area contributed by atoms with E-state index < -0.39 is 35.8 Å². The summed E-state index contributed by atoms with van der Waals surface area (Å²) in [7, 11) is 0. The van der Waals surface area contributed by atoms with E-state index in [2.05, 4.69) is 10.6 Å². The third kappa shape index (κ3) is 4.82. The second-order valence-corrected chi connectivity index (χ2v) is 6.85. The Hall–Kier alpha value is -2.59. The molecule has 1 saturated heterocycles. The zero-order valence-electron chi connectivity index (χ0n) is 15.1. The summed E-state index contributed by atoms with van der Waals surface area (Å²) in [5.74, 6) is -1.56. The Kier molecular flexibility index (Phi) is 6.20. The third-order valence-corrected chi connectivity index (χ3v) is 4.66. The zero-order valence-corrected chi connectivity index (χ0v) is 15.1. The third-order valence-electron chi connectivity index (χ3n) is 4.66. The summed E-state index contributed by atoms with van der Waals surface area (Å²) in [4.78, 5) is 37.1. The van der Waals surface area contributed by atoms with E-state index in [-0.39, 0.29) is 31.1 Å². The lowest BCUT2D eigenvalue weighted by Crippen LogP contribution is -2.50. The highest BCUT2D eigenvalue weighted by molar-refractivity contribution is 6.09. The fourth-order valence-electron chi connectivity index (χ4n) is 2.97. The molecule has 8 nitrogen and oxygen atoms in total. The van der Waals surface area contributed by atoms with Crippen LogP contribution in [0.2, 0.25) is 0 Å². The number of benzene rings is 1. The van der Waals surface area contributed by atoms with E-state index in [0.717, 1.165) is 18.9 Å². The van der Waals surface area contributed by atoms with Gasteiger partial charge in [0.1, 0.15) is 6.61 Å². The molecule has 1 aliphatic carbocycles. The Balaban J connectivity index is 1.75. The monoisotopic (exact) mass is 396 g/mol. The molecule has 3 amide bonds. The van der Waals surface area contributed by atoms with Crippen LogP contribution in [0, 0.1) is 5.92 Å². The molecule has 152 valence electrons. The molecule has 2 fully saturated rings. The van der Waals surface area contributed by atoms with Gasteiger partial charge in [-0.2, -0.15) is 0 Å². The van der Waals surface area contributed by atoms with Gasteiger partial charge in [0.05, 0.1) is 12.3 Å². The fourth-order valence-corrected chi connectivity index (χ4v) is 2.97. The van der Waals surface area contributed by atoms with E-state index in [1.165, 1.54) is 17.0 Å². The van der Waals surface area contributed by atoms with E-state index in [1.807, 2.05) is 0 Å². The molecule has 1 aromatic rings. The summed E-state index contributed by atoms with van der Waals surface area (Å²) >= 11 is 0. The Morgan fingerprint density at radius 3 is 2.68 bits per heavy atom. The van der Waals surface area contributed by atoms with Crippen LogP contribution in [0.5, 0.6) is 0 Å². The van der Waals surface area contributed by atoms with Gasteiger partial charge in [-0.1, -0.05) is 0 Å². The number of ether oxygens (including phenoxy) is 1. The molecule has 0 spiro atoms. The Bertz CT molecular complexity index is 770. The Morgan fingerprint density at radius 2 is 2.07 bits per heavy atom. The Labute approximate surface area is 160 Å². The lowest BCUT2D eigenvalue weighted by molar-refractivity contribution is -0.128. The summed E-state index contributed by atoms with van der Waals surface area (Å²) < 4.78 is 32.1. The quantitative estimate of drug-likeness (QED) is 0.562. The summed E-state index contributed by atoms with van der Waals surface area (Å²) in [6, 6.07) is 2.59. The highest BCUT2D eigenvalue weighted by Gasteiger charge is 2.29. The van der Waals surface area contributed by atoms with Gasteiger partial charge in [0.25, 0.3) is 18.2 Å². The van der Waals surface area contributed by atoms with Crippen LogP contribution in [0.1, 0.15) is 24.8 Å². The van der Waals surface area contributed by atoms with Crippen LogP contribution in [-0.2, 0) is 19.1 Å². The summed E-state index contributed by atoms with van der Waals surface area (Å²) in [5, 5.41) is 5.25. The molecule has 1 saturated carbocycles. The highest BCUT2D eigenvalue weighted by atomic mass is 19.3. The minimum absolute atomic E-state index is 0.0691. The van der Waals surface area contributed by atoms with Gasteiger partial charge in [0, 0.05) is 17.8 Å². The van der Waals surface area contributed by atoms with Crippen molar-refractivity contribution in [2.75, 3.05) is 36.5 Å². The van der Waals surface area contributed by atoms with Crippen LogP contribution in [0.3, 0.4) is 0 Å². The molecular weight excluding hydrogens is 374 g/mol. The molecule has 4 N–H and O–H groups in total. The molecule has 2 aliphatic rings. The number of nitrogens with two attached hydrogens (primary N) is 1. The smallest absolute Gasteiger partial charge is 0.265 e. The number of carbonyl (C=O) groups is 3. The van der Waals surface area contributed by atoms with Crippen molar-refractivity contribution in [1.29, 1.82) is 0 Å². The van der Waals surface area contributed by atoms with E-state index in [9.17, 15) is 23.2 Å². The first-order chi connectivity index (χ1) is 13.4. The number of nitrogens with one attached hydrogen (secondary N) is 2. The Morgan fingerprint density at radius 1 is 1.32 bits per heavy atom. The standard InChI is InChI=1S/C18H22F2N4O4/c19-16(20)12-7-11(3-4-13(12)24-5-6-28-9-14(24)25)23-18(27)15(17(21)26)22-8-10-1-2-10/h3-4,7,10,15-16,22H,1-2,5-6,8-9H2,(H2,21,26)(H,23,27)/t15-/m0/s1. The second-order valence-electron chi connectivity index (χ2n) is 6.85. The van der Waals surface area contributed by atoms with Crippen molar-refractivity contribution in [3.8, 4) is 0 Å². The number of rotatable bonds is 8. The molecule has 28 heavy (non-hydrogen) atoms. The van der Waals surface area contributed by atoms with Gasteiger partial charge in [-0.15, -0.1) is 0 Å². The maximum Gasteiger partial charge on any atom is 0.265 e. The van der Waals surface area contributed by atoms with Gasteiger partial charge < -0.3 is 20.7 Å². The molecule has 0 bridgehead atoms. The number of anilines is 2. The molecule has 1 heterocycles.